The number of ether oxygens (including phenoxy) is 1. The maximum absolute atomic E-state index is 12.4. The molecule has 32 heavy (non-hydrogen) atoms. The fourth-order valence-electron chi connectivity index (χ4n) is 3.25. The molecule has 162 valence electrons. The minimum atomic E-state index is -0.0907. The number of hydrogen-bond donors (Lipinski definition) is 1. The van der Waals surface area contributed by atoms with E-state index in [4.69, 9.17) is 4.74 Å². The van der Waals surface area contributed by atoms with E-state index in [-0.39, 0.29) is 11.7 Å². The minimum Gasteiger partial charge on any atom is -0.494 e. The van der Waals surface area contributed by atoms with Gasteiger partial charge in [0.1, 0.15) is 11.6 Å². The molecule has 6 nitrogen and oxygen atoms in total. The Labute approximate surface area is 191 Å². The van der Waals surface area contributed by atoms with Gasteiger partial charge in [0, 0.05) is 17.8 Å². The minimum absolute atomic E-state index is 0.0907. The van der Waals surface area contributed by atoms with Crippen LogP contribution >= 0.6 is 11.8 Å². The number of amides is 1. The van der Waals surface area contributed by atoms with Crippen molar-refractivity contribution in [1.29, 1.82) is 0 Å². The first-order valence-corrected chi connectivity index (χ1v) is 11.4. The first kappa shape index (κ1) is 21.6. The van der Waals surface area contributed by atoms with Crippen LogP contribution < -0.4 is 10.1 Å². The molecule has 0 aliphatic rings. The summed E-state index contributed by atoms with van der Waals surface area (Å²) in [4.78, 5) is 12.4. The van der Waals surface area contributed by atoms with Gasteiger partial charge in [-0.2, -0.15) is 0 Å². The average Bonchev–Trinajstić information content (AvgIpc) is 3.22. The monoisotopic (exact) mass is 444 g/mol. The van der Waals surface area contributed by atoms with Crippen LogP contribution in [0.2, 0.25) is 0 Å². The second kappa shape index (κ2) is 10.6. The van der Waals surface area contributed by atoms with Crippen LogP contribution in [0.3, 0.4) is 0 Å². The Kier molecular flexibility index (Phi) is 7.19. The summed E-state index contributed by atoms with van der Waals surface area (Å²) >= 11 is 1.36. The summed E-state index contributed by atoms with van der Waals surface area (Å²) in [6.45, 7) is 2.57. The summed E-state index contributed by atoms with van der Waals surface area (Å²) in [5, 5.41) is 12.4. The van der Waals surface area contributed by atoms with Gasteiger partial charge in [0.15, 0.2) is 5.16 Å². The lowest BCUT2D eigenvalue weighted by molar-refractivity contribution is -0.113. The number of aromatic nitrogens is 3. The highest BCUT2D eigenvalue weighted by molar-refractivity contribution is 7.99. The number of carbonyl (C=O) groups excluding carboxylic acids is 1. The lowest BCUT2D eigenvalue weighted by Gasteiger charge is -2.12. The van der Waals surface area contributed by atoms with Gasteiger partial charge >= 0.3 is 0 Å². The molecule has 0 aliphatic heterocycles. The fraction of sp³-hybridized carbons (Fsp3) is 0.160. The standard InChI is InChI=1S/C25H24N4O2S/c1-2-31-22-15-13-21(14-16-22)29-23(17-19-9-5-3-6-10-19)27-28-25(29)32-18-24(30)26-20-11-7-4-8-12-20/h3-16H,2,17-18H2,1H3,(H,26,30). The predicted molar refractivity (Wildman–Crippen MR) is 128 cm³/mol. The normalized spacial score (nSPS) is 10.7. The van der Waals surface area contributed by atoms with Crippen molar-refractivity contribution in [2.75, 3.05) is 17.7 Å². The van der Waals surface area contributed by atoms with Gasteiger partial charge in [-0.25, -0.2) is 0 Å². The van der Waals surface area contributed by atoms with Gasteiger partial charge in [0.2, 0.25) is 5.91 Å². The second-order valence-electron chi connectivity index (χ2n) is 7.03. The quantitative estimate of drug-likeness (QED) is 0.369. The number of thioether (sulfide) groups is 1. The lowest BCUT2D eigenvalue weighted by atomic mass is 10.1. The Hall–Kier alpha value is -3.58. The zero-order valence-electron chi connectivity index (χ0n) is 17.8. The number of para-hydroxylation sites is 1. The lowest BCUT2D eigenvalue weighted by Crippen LogP contribution is -2.14. The zero-order valence-corrected chi connectivity index (χ0v) is 18.6. The van der Waals surface area contributed by atoms with E-state index in [1.807, 2.05) is 84.3 Å². The van der Waals surface area contributed by atoms with Crippen LogP contribution in [-0.2, 0) is 11.2 Å². The molecule has 3 aromatic carbocycles. The maximum Gasteiger partial charge on any atom is 0.234 e. The Morgan fingerprint density at radius 1 is 0.938 bits per heavy atom. The van der Waals surface area contributed by atoms with Gasteiger partial charge in [-0.1, -0.05) is 60.3 Å². The van der Waals surface area contributed by atoms with E-state index in [2.05, 4.69) is 27.6 Å². The highest BCUT2D eigenvalue weighted by Gasteiger charge is 2.16. The first-order valence-electron chi connectivity index (χ1n) is 10.4. The fourth-order valence-corrected chi connectivity index (χ4v) is 4.02. The van der Waals surface area contributed by atoms with Crippen molar-refractivity contribution in [3.63, 3.8) is 0 Å². The Bertz CT molecular complexity index is 1150. The van der Waals surface area contributed by atoms with Crippen LogP contribution in [0.25, 0.3) is 5.69 Å². The molecule has 1 amide bonds. The summed E-state index contributed by atoms with van der Waals surface area (Å²) in [5.74, 6) is 1.76. The number of carbonyl (C=O) groups is 1. The van der Waals surface area contributed by atoms with E-state index in [0.717, 1.165) is 28.5 Å². The SMILES string of the molecule is CCOc1ccc(-n2c(Cc3ccccc3)nnc2SCC(=O)Nc2ccccc2)cc1. The van der Waals surface area contributed by atoms with Gasteiger partial charge in [0.25, 0.3) is 0 Å². The summed E-state index contributed by atoms with van der Waals surface area (Å²) < 4.78 is 7.57. The van der Waals surface area contributed by atoms with Crippen molar-refractivity contribution in [3.05, 3.63) is 96.3 Å². The molecule has 1 aromatic heterocycles. The Balaban J connectivity index is 1.56. The molecule has 0 saturated heterocycles. The molecular formula is C25H24N4O2S. The summed E-state index contributed by atoms with van der Waals surface area (Å²) in [7, 11) is 0. The highest BCUT2D eigenvalue weighted by Crippen LogP contribution is 2.25. The van der Waals surface area contributed by atoms with Crippen LogP contribution in [0.4, 0.5) is 5.69 Å². The number of nitrogens with one attached hydrogen (secondary N) is 1. The Morgan fingerprint density at radius 3 is 2.31 bits per heavy atom. The molecule has 4 rings (SSSR count). The molecule has 7 heteroatoms. The molecule has 4 aromatic rings. The van der Waals surface area contributed by atoms with E-state index in [0.29, 0.717) is 18.2 Å². The largest absolute Gasteiger partial charge is 0.494 e. The molecule has 0 spiro atoms. The molecule has 0 bridgehead atoms. The van der Waals surface area contributed by atoms with Gasteiger partial charge in [-0.15, -0.1) is 10.2 Å². The maximum atomic E-state index is 12.4. The van der Waals surface area contributed by atoms with Crippen LogP contribution in [0.15, 0.2) is 90.1 Å². The van der Waals surface area contributed by atoms with Crippen LogP contribution in [0.5, 0.6) is 5.75 Å². The number of benzene rings is 3. The van der Waals surface area contributed by atoms with Crippen LogP contribution in [-0.4, -0.2) is 33.0 Å². The van der Waals surface area contributed by atoms with Crippen LogP contribution in [0.1, 0.15) is 18.3 Å². The van der Waals surface area contributed by atoms with Gasteiger partial charge in [-0.3, -0.25) is 9.36 Å². The van der Waals surface area contributed by atoms with Gasteiger partial charge in [0.05, 0.1) is 12.4 Å². The molecule has 0 aliphatic carbocycles. The average molecular weight is 445 g/mol. The molecular weight excluding hydrogens is 420 g/mol. The molecule has 1 N–H and O–H groups in total. The van der Waals surface area contributed by atoms with Crippen molar-refractivity contribution in [2.24, 2.45) is 0 Å². The third-order valence-corrected chi connectivity index (χ3v) is 5.63. The van der Waals surface area contributed by atoms with E-state index in [1.54, 1.807) is 0 Å². The first-order chi connectivity index (χ1) is 15.7. The third-order valence-electron chi connectivity index (χ3n) is 4.70. The Morgan fingerprint density at radius 2 is 1.62 bits per heavy atom. The summed E-state index contributed by atoms with van der Waals surface area (Å²) in [6, 6.07) is 27.4. The van der Waals surface area contributed by atoms with Crippen molar-refractivity contribution in [1.82, 2.24) is 14.8 Å². The summed E-state index contributed by atoms with van der Waals surface area (Å²) in [6.07, 6.45) is 0.637. The van der Waals surface area contributed by atoms with E-state index >= 15 is 0 Å². The van der Waals surface area contributed by atoms with Crippen molar-refractivity contribution < 1.29 is 9.53 Å². The number of nitrogens with zero attached hydrogens (tertiary/aromatic N) is 3. The molecule has 0 radical (unpaired) electrons. The molecule has 0 fully saturated rings. The van der Waals surface area contributed by atoms with Gasteiger partial charge < -0.3 is 10.1 Å². The van der Waals surface area contributed by atoms with Crippen LogP contribution in [0, 0.1) is 0 Å². The molecule has 0 unspecified atom stereocenters. The number of hydrogen-bond acceptors (Lipinski definition) is 5. The number of anilines is 1. The zero-order chi connectivity index (χ0) is 22.2. The van der Waals surface area contributed by atoms with E-state index in [1.165, 1.54) is 11.8 Å². The third kappa shape index (κ3) is 5.56. The van der Waals surface area contributed by atoms with E-state index in [9.17, 15) is 4.79 Å². The smallest absolute Gasteiger partial charge is 0.234 e. The van der Waals surface area contributed by atoms with Crippen molar-refractivity contribution in [3.8, 4) is 11.4 Å². The molecule has 0 saturated carbocycles. The number of rotatable bonds is 9. The van der Waals surface area contributed by atoms with Crippen molar-refractivity contribution >= 4 is 23.4 Å². The second-order valence-corrected chi connectivity index (χ2v) is 7.97. The topological polar surface area (TPSA) is 69.0 Å². The van der Waals surface area contributed by atoms with E-state index < -0.39 is 0 Å². The van der Waals surface area contributed by atoms with Crippen molar-refractivity contribution in [2.45, 2.75) is 18.5 Å². The predicted octanol–water partition coefficient (Wildman–Crippen LogP) is 4.99. The highest BCUT2D eigenvalue weighted by atomic mass is 32.2. The van der Waals surface area contributed by atoms with Gasteiger partial charge in [-0.05, 0) is 48.9 Å². The molecule has 1 heterocycles. The molecule has 0 atom stereocenters. The summed E-state index contributed by atoms with van der Waals surface area (Å²) in [5.41, 5.74) is 2.84.